The summed E-state index contributed by atoms with van der Waals surface area (Å²) in [5.74, 6) is -2.53. The molecule has 0 amide bonds. The van der Waals surface area contributed by atoms with Crippen molar-refractivity contribution < 1.29 is 41.0 Å². The van der Waals surface area contributed by atoms with E-state index in [2.05, 4.69) is 4.74 Å². The van der Waals surface area contributed by atoms with Crippen LogP contribution in [0.4, 0.5) is 13.2 Å². The summed E-state index contributed by atoms with van der Waals surface area (Å²) in [5.41, 5.74) is -3.75. The van der Waals surface area contributed by atoms with Crippen molar-refractivity contribution in [1.82, 2.24) is 4.31 Å². The van der Waals surface area contributed by atoms with E-state index in [-0.39, 0.29) is 0 Å². The molecule has 0 aromatic heterocycles. The van der Waals surface area contributed by atoms with Gasteiger partial charge in [0.15, 0.2) is 0 Å². The summed E-state index contributed by atoms with van der Waals surface area (Å²) in [5, 5.41) is 9.08. The lowest BCUT2D eigenvalue weighted by atomic mass is 9.94. The van der Waals surface area contributed by atoms with Crippen LogP contribution in [0.15, 0.2) is 23.1 Å². The van der Waals surface area contributed by atoms with Crippen molar-refractivity contribution in [2.24, 2.45) is 5.41 Å². The average molecular weight is 397 g/mol. The van der Waals surface area contributed by atoms with Gasteiger partial charge in [-0.25, -0.2) is 13.2 Å². The Morgan fingerprint density at radius 1 is 1.23 bits per heavy atom. The smallest absolute Gasteiger partial charge is 0.417 e. The van der Waals surface area contributed by atoms with Gasteiger partial charge in [0, 0.05) is 13.6 Å². The molecule has 1 N–H and O–H groups in total. The zero-order valence-electron chi connectivity index (χ0n) is 14.4. The number of alkyl halides is 3. The molecular formula is C15H18F3NO6S. The minimum Gasteiger partial charge on any atom is -0.481 e. The largest absolute Gasteiger partial charge is 0.481 e. The molecule has 0 saturated carbocycles. The van der Waals surface area contributed by atoms with Gasteiger partial charge in [-0.2, -0.15) is 17.5 Å². The van der Waals surface area contributed by atoms with Crippen LogP contribution in [0.5, 0.6) is 0 Å². The van der Waals surface area contributed by atoms with Gasteiger partial charge >= 0.3 is 18.1 Å². The molecule has 26 heavy (non-hydrogen) atoms. The number of benzene rings is 1. The molecule has 1 aromatic carbocycles. The third-order valence-corrected chi connectivity index (χ3v) is 5.41. The summed E-state index contributed by atoms with van der Waals surface area (Å²) in [6, 6.07) is 1.87. The summed E-state index contributed by atoms with van der Waals surface area (Å²) in [6.07, 6.45) is -4.99. The van der Waals surface area contributed by atoms with E-state index < -0.39 is 56.1 Å². The molecule has 1 aromatic rings. The first-order valence-electron chi connectivity index (χ1n) is 7.14. The minimum atomic E-state index is -4.99. The molecule has 0 atom stereocenters. The van der Waals surface area contributed by atoms with Gasteiger partial charge in [0.1, 0.15) is 0 Å². The number of hydrogen-bond acceptors (Lipinski definition) is 5. The predicted octanol–water partition coefficient (Wildman–Crippen LogP) is 2.22. The normalized spacial score (nSPS) is 12.9. The lowest BCUT2D eigenvalue weighted by Gasteiger charge is -2.26. The van der Waals surface area contributed by atoms with Crippen LogP contribution in [-0.4, -0.2) is 50.5 Å². The average Bonchev–Trinajstić information content (AvgIpc) is 2.51. The number of sulfonamides is 1. The Hall–Kier alpha value is -2.14. The Morgan fingerprint density at radius 3 is 2.19 bits per heavy atom. The number of esters is 1. The second kappa shape index (κ2) is 7.23. The van der Waals surface area contributed by atoms with Crippen molar-refractivity contribution in [3.05, 3.63) is 29.3 Å². The number of hydrogen-bond donors (Lipinski definition) is 1. The third kappa shape index (κ3) is 4.52. The minimum absolute atomic E-state index is 0.325. The van der Waals surface area contributed by atoms with Gasteiger partial charge in [-0.3, -0.25) is 4.79 Å². The van der Waals surface area contributed by atoms with Crippen LogP contribution in [0, 0.1) is 5.41 Å². The Morgan fingerprint density at radius 2 is 1.77 bits per heavy atom. The molecule has 1 rings (SSSR count). The Balaban J connectivity index is 3.42. The zero-order valence-corrected chi connectivity index (χ0v) is 15.2. The van der Waals surface area contributed by atoms with Crippen LogP contribution in [0.3, 0.4) is 0 Å². The van der Waals surface area contributed by atoms with Crippen LogP contribution < -0.4 is 0 Å². The lowest BCUT2D eigenvalue weighted by Crippen LogP contribution is -2.40. The fourth-order valence-electron chi connectivity index (χ4n) is 2.10. The molecule has 0 radical (unpaired) electrons. The highest BCUT2D eigenvalue weighted by molar-refractivity contribution is 7.89. The third-order valence-electron chi connectivity index (χ3n) is 3.61. The molecule has 0 fully saturated rings. The maximum Gasteiger partial charge on any atom is 0.417 e. The van der Waals surface area contributed by atoms with E-state index in [0.29, 0.717) is 16.4 Å². The molecule has 0 unspecified atom stereocenters. The first-order valence-corrected chi connectivity index (χ1v) is 8.58. The highest BCUT2D eigenvalue weighted by atomic mass is 32.2. The molecule has 0 heterocycles. The number of ether oxygens (including phenoxy) is 1. The Bertz CT molecular complexity index is 817. The number of halogens is 3. The van der Waals surface area contributed by atoms with Gasteiger partial charge in [-0.05, 0) is 32.0 Å². The number of methoxy groups -OCH3 is 1. The van der Waals surface area contributed by atoms with E-state index in [9.17, 15) is 31.2 Å². The van der Waals surface area contributed by atoms with E-state index in [1.165, 1.54) is 13.8 Å². The van der Waals surface area contributed by atoms with E-state index in [4.69, 9.17) is 5.11 Å². The number of nitrogens with zero attached hydrogens (tertiary/aromatic N) is 1. The van der Waals surface area contributed by atoms with Crippen LogP contribution in [-0.2, 0) is 25.7 Å². The number of carbonyl (C=O) groups excluding carboxylic acids is 1. The highest BCUT2D eigenvalue weighted by Gasteiger charge is 2.38. The van der Waals surface area contributed by atoms with Crippen LogP contribution in [0.25, 0.3) is 0 Å². The van der Waals surface area contributed by atoms with Gasteiger partial charge in [-0.15, -0.1) is 0 Å². The number of carboxylic acid groups (broad SMARTS) is 1. The Kier molecular flexibility index (Phi) is 6.09. The Labute approximate surface area is 148 Å². The van der Waals surface area contributed by atoms with Crippen molar-refractivity contribution in [3.63, 3.8) is 0 Å². The van der Waals surface area contributed by atoms with Crippen molar-refractivity contribution >= 4 is 22.0 Å². The fourth-order valence-corrected chi connectivity index (χ4v) is 3.45. The van der Waals surface area contributed by atoms with Gasteiger partial charge < -0.3 is 9.84 Å². The topological polar surface area (TPSA) is 101 Å². The van der Waals surface area contributed by atoms with Crippen LogP contribution >= 0.6 is 0 Å². The van der Waals surface area contributed by atoms with Crippen LogP contribution in [0.1, 0.15) is 29.8 Å². The fraction of sp³-hybridized carbons (Fsp3) is 0.467. The number of rotatable bonds is 6. The first-order chi connectivity index (χ1) is 11.6. The maximum atomic E-state index is 13.2. The van der Waals surface area contributed by atoms with Gasteiger partial charge in [0.25, 0.3) is 0 Å². The monoisotopic (exact) mass is 397 g/mol. The van der Waals surface area contributed by atoms with Crippen molar-refractivity contribution in [1.29, 1.82) is 0 Å². The van der Waals surface area contributed by atoms with Crippen LogP contribution in [0.2, 0.25) is 0 Å². The molecule has 7 nitrogen and oxygen atoms in total. The summed E-state index contributed by atoms with van der Waals surface area (Å²) >= 11 is 0. The highest BCUT2D eigenvalue weighted by Crippen LogP contribution is 2.34. The molecule has 0 spiro atoms. The van der Waals surface area contributed by atoms with Crippen molar-refractivity contribution in [2.45, 2.75) is 24.9 Å². The molecule has 0 bridgehead atoms. The molecule has 0 aliphatic heterocycles. The first kappa shape index (κ1) is 21.9. The summed E-state index contributed by atoms with van der Waals surface area (Å²) in [4.78, 5) is 21.9. The molecular weight excluding hydrogens is 379 g/mol. The quantitative estimate of drug-likeness (QED) is 0.739. The standard InChI is InChI=1S/C15H18F3NO6S/c1-14(2,13(21)22)8-19(3)26(23,24)9-5-6-10(12(20)25-4)11(7-9)15(16,17)18/h5-7H,8H2,1-4H3,(H,21,22). The molecule has 146 valence electrons. The van der Waals surface area contributed by atoms with E-state index in [1.54, 1.807) is 0 Å². The number of carbonyl (C=O) groups is 2. The van der Waals surface area contributed by atoms with E-state index >= 15 is 0 Å². The zero-order chi connectivity index (χ0) is 20.5. The SMILES string of the molecule is COC(=O)c1ccc(S(=O)(=O)N(C)CC(C)(C)C(=O)O)cc1C(F)(F)F. The lowest BCUT2D eigenvalue weighted by molar-refractivity contribution is -0.147. The van der Waals surface area contributed by atoms with Crippen molar-refractivity contribution in [2.75, 3.05) is 20.7 Å². The second-order valence-corrected chi connectivity index (χ2v) is 8.19. The second-order valence-electron chi connectivity index (χ2n) is 6.15. The molecule has 11 heteroatoms. The van der Waals surface area contributed by atoms with Crippen molar-refractivity contribution in [3.8, 4) is 0 Å². The van der Waals surface area contributed by atoms with Gasteiger partial charge in [0.05, 0.1) is 28.5 Å². The predicted molar refractivity (Wildman–Crippen MR) is 84.0 cm³/mol. The molecule has 0 aliphatic carbocycles. The summed E-state index contributed by atoms with van der Waals surface area (Å²) in [6.45, 7) is 2.09. The summed E-state index contributed by atoms with van der Waals surface area (Å²) < 4.78 is 69.5. The number of carboxylic acids is 1. The van der Waals surface area contributed by atoms with E-state index in [0.717, 1.165) is 20.2 Å². The van der Waals surface area contributed by atoms with Gasteiger partial charge in [0.2, 0.25) is 10.0 Å². The maximum absolute atomic E-state index is 13.2. The molecule has 0 aliphatic rings. The molecule has 0 saturated heterocycles. The number of aliphatic carboxylic acids is 1. The van der Waals surface area contributed by atoms with E-state index in [1.807, 2.05) is 0 Å². The summed E-state index contributed by atoms with van der Waals surface area (Å²) in [7, 11) is -2.47. The van der Waals surface area contributed by atoms with Gasteiger partial charge in [-0.1, -0.05) is 0 Å².